The molecule has 0 spiro atoms. The van der Waals surface area contributed by atoms with E-state index in [0.29, 0.717) is 18.0 Å². The van der Waals surface area contributed by atoms with Crippen LogP contribution in [-0.4, -0.2) is 6.04 Å². The van der Waals surface area contributed by atoms with Crippen LogP contribution in [0.2, 0.25) is 0 Å². The van der Waals surface area contributed by atoms with Gasteiger partial charge in [0, 0.05) is 12.1 Å². The molecule has 0 saturated heterocycles. The van der Waals surface area contributed by atoms with Gasteiger partial charge in [0.25, 0.3) is 0 Å². The largest absolute Gasteiger partial charge is 0.307 e. The number of hydrogen-bond donors (Lipinski definition) is 1. The number of rotatable bonds is 7. The highest BCUT2D eigenvalue weighted by atomic mass is 14.9. The zero-order chi connectivity index (χ0) is 13.5. The number of unbranched alkanes of at least 4 members (excludes halogenated alkanes) is 1. The van der Waals surface area contributed by atoms with Crippen molar-refractivity contribution in [2.24, 2.45) is 5.92 Å². The van der Waals surface area contributed by atoms with Crippen LogP contribution in [0.5, 0.6) is 0 Å². The first-order chi connectivity index (χ1) is 8.54. The van der Waals surface area contributed by atoms with Crippen LogP contribution < -0.4 is 5.32 Å². The normalized spacial score (nSPS) is 14.8. The van der Waals surface area contributed by atoms with E-state index in [2.05, 4.69) is 64.2 Å². The molecule has 0 amide bonds. The minimum Gasteiger partial charge on any atom is -0.307 e. The van der Waals surface area contributed by atoms with Crippen LogP contribution in [0.25, 0.3) is 0 Å². The van der Waals surface area contributed by atoms with Crippen LogP contribution in [0.15, 0.2) is 24.3 Å². The Kier molecular flexibility index (Phi) is 6.42. The van der Waals surface area contributed by atoms with Gasteiger partial charge in [-0.25, -0.2) is 0 Å². The Morgan fingerprint density at radius 2 is 1.61 bits per heavy atom. The predicted molar refractivity (Wildman–Crippen MR) is 80.9 cm³/mol. The molecule has 1 heteroatoms. The van der Waals surface area contributed by atoms with Crippen LogP contribution in [-0.2, 0) is 6.42 Å². The molecule has 0 aromatic heterocycles. The van der Waals surface area contributed by atoms with Gasteiger partial charge in [-0.05, 0) is 43.7 Å². The molecule has 1 aromatic rings. The highest BCUT2D eigenvalue weighted by molar-refractivity contribution is 5.24. The highest BCUT2D eigenvalue weighted by Gasteiger charge is 2.11. The van der Waals surface area contributed by atoms with Gasteiger partial charge in [0.2, 0.25) is 0 Å². The number of hydrogen-bond acceptors (Lipinski definition) is 1. The molecule has 0 aliphatic carbocycles. The van der Waals surface area contributed by atoms with Gasteiger partial charge in [-0.15, -0.1) is 0 Å². The minimum atomic E-state index is 0.433. The van der Waals surface area contributed by atoms with Gasteiger partial charge >= 0.3 is 0 Å². The van der Waals surface area contributed by atoms with Crippen molar-refractivity contribution < 1.29 is 0 Å². The van der Waals surface area contributed by atoms with Crippen LogP contribution in [0.1, 0.15) is 64.6 Å². The summed E-state index contributed by atoms with van der Waals surface area (Å²) in [4.78, 5) is 0. The maximum absolute atomic E-state index is 3.66. The Hall–Kier alpha value is -0.820. The van der Waals surface area contributed by atoms with Crippen molar-refractivity contribution in [3.63, 3.8) is 0 Å². The molecule has 2 unspecified atom stereocenters. The van der Waals surface area contributed by atoms with Crippen molar-refractivity contribution in [1.29, 1.82) is 0 Å². The fourth-order valence-electron chi connectivity index (χ4n) is 2.04. The molecule has 0 aliphatic heterocycles. The smallest absolute Gasteiger partial charge is 0.0294 e. The first-order valence-electron chi connectivity index (χ1n) is 7.39. The summed E-state index contributed by atoms with van der Waals surface area (Å²) >= 11 is 0. The van der Waals surface area contributed by atoms with Gasteiger partial charge in [0.05, 0.1) is 0 Å². The van der Waals surface area contributed by atoms with Gasteiger partial charge in [-0.3, -0.25) is 0 Å². The van der Waals surface area contributed by atoms with E-state index in [-0.39, 0.29) is 0 Å². The molecule has 0 heterocycles. The van der Waals surface area contributed by atoms with Crippen molar-refractivity contribution in [2.45, 2.75) is 66.0 Å². The van der Waals surface area contributed by atoms with Gasteiger partial charge in [0.1, 0.15) is 0 Å². The van der Waals surface area contributed by atoms with Gasteiger partial charge in [0.15, 0.2) is 0 Å². The van der Waals surface area contributed by atoms with Crippen molar-refractivity contribution in [2.75, 3.05) is 0 Å². The van der Waals surface area contributed by atoms with E-state index >= 15 is 0 Å². The molecule has 1 nitrogen and oxygen atoms in total. The fraction of sp³-hybridized carbons (Fsp3) is 0.647. The Morgan fingerprint density at radius 1 is 1.00 bits per heavy atom. The molecule has 0 aliphatic rings. The molecule has 0 radical (unpaired) electrons. The molecule has 1 aromatic carbocycles. The van der Waals surface area contributed by atoms with Gasteiger partial charge < -0.3 is 5.32 Å². The summed E-state index contributed by atoms with van der Waals surface area (Å²) < 4.78 is 0. The van der Waals surface area contributed by atoms with Crippen molar-refractivity contribution in [1.82, 2.24) is 5.32 Å². The third kappa shape index (κ3) is 4.81. The highest BCUT2D eigenvalue weighted by Crippen LogP contribution is 2.16. The Morgan fingerprint density at radius 3 is 2.11 bits per heavy atom. The predicted octanol–water partition coefficient (Wildman–Crippen LogP) is 4.72. The number of nitrogens with one attached hydrogen (secondary N) is 1. The molecule has 102 valence electrons. The van der Waals surface area contributed by atoms with E-state index in [1.165, 1.54) is 30.4 Å². The molecule has 18 heavy (non-hydrogen) atoms. The third-order valence-electron chi connectivity index (χ3n) is 3.81. The lowest BCUT2D eigenvalue weighted by atomic mass is 10.0. The topological polar surface area (TPSA) is 12.0 Å². The SMILES string of the molecule is CCCCc1ccc(C(C)NC(C)C(C)C)cc1. The number of aryl methyl sites for hydroxylation is 1. The van der Waals surface area contributed by atoms with Crippen molar-refractivity contribution >= 4 is 0 Å². The lowest BCUT2D eigenvalue weighted by Crippen LogP contribution is -2.32. The van der Waals surface area contributed by atoms with Gasteiger partial charge in [-0.2, -0.15) is 0 Å². The second-order valence-corrected chi connectivity index (χ2v) is 5.77. The zero-order valence-electron chi connectivity index (χ0n) is 12.7. The van der Waals surface area contributed by atoms with Crippen LogP contribution in [0.3, 0.4) is 0 Å². The summed E-state index contributed by atoms with van der Waals surface area (Å²) in [6, 6.07) is 10.1. The van der Waals surface area contributed by atoms with Crippen LogP contribution >= 0.6 is 0 Å². The molecule has 0 saturated carbocycles. The molecule has 2 atom stereocenters. The lowest BCUT2D eigenvalue weighted by Gasteiger charge is -2.23. The summed E-state index contributed by atoms with van der Waals surface area (Å²) in [7, 11) is 0. The van der Waals surface area contributed by atoms with Crippen molar-refractivity contribution in [3.8, 4) is 0 Å². The second-order valence-electron chi connectivity index (χ2n) is 5.77. The monoisotopic (exact) mass is 247 g/mol. The second kappa shape index (κ2) is 7.58. The average molecular weight is 247 g/mol. The van der Waals surface area contributed by atoms with E-state index in [1.54, 1.807) is 0 Å². The van der Waals surface area contributed by atoms with Crippen molar-refractivity contribution in [3.05, 3.63) is 35.4 Å². The van der Waals surface area contributed by atoms with E-state index in [4.69, 9.17) is 0 Å². The Labute approximate surface area is 113 Å². The number of benzene rings is 1. The first-order valence-corrected chi connectivity index (χ1v) is 7.39. The molecule has 1 rings (SSSR count). The maximum Gasteiger partial charge on any atom is 0.0294 e. The Bertz CT molecular complexity index is 326. The quantitative estimate of drug-likeness (QED) is 0.735. The average Bonchev–Trinajstić information content (AvgIpc) is 2.36. The summed E-state index contributed by atoms with van der Waals surface area (Å²) in [5, 5.41) is 3.66. The van der Waals surface area contributed by atoms with E-state index in [1.807, 2.05) is 0 Å². The minimum absolute atomic E-state index is 0.433. The Balaban J connectivity index is 2.55. The third-order valence-corrected chi connectivity index (χ3v) is 3.81. The standard InChI is InChI=1S/C17H29N/c1-6-7-8-16-9-11-17(12-10-16)15(5)18-14(4)13(2)3/h9-15,18H,6-8H2,1-5H3. The van der Waals surface area contributed by atoms with E-state index in [0.717, 1.165) is 0 Å². The van der Waals surface area contributed by atoms with Gasteiger partial charge in [-0.1, -0.05) is 51.5 Å². The molecule has 0 bridgehead atoms. The van der Waals surface area contributed by atoms with E-state index in [9.17, 15) is 0 Å². The zero-order valence-corrected chi connectivity index (χ0v) is 12.7. The lowest BCUT2D eigenvalue weighted by molar-refractivity contribution is 0.389. The maximum atomic E-state index is 3.66. The van der Waals surface area contributed by atoms with Crippen LogP contribution in [0.4, 0.5) is 0 Å². The molecular formula is C17H29N. The fourth-order valence-corrected chi connectivity index (χ4v) is 2.04. The summed E-state index contributed by atoms with van der Waals surface area (Å²) in [6.07, 6.45) is 3.77. The molecule has 1 N–H and O–H groups in total. The first kappa shape index (κ1) is 15.2. The summed E-state index contributed by atoms with van der Waals surface area (Å²) in [5.74, 6) is 0.677. The summed E-state index contributed by atoms with van der Waals surface area (Å²) in [5.41, 5.74) is 2.85. The molecular weight excluding hydrogens is 218 g/mol. The molecule has 0 fully saturated rings. The van der Waals surface area contributed by atoms with Crippen LogP contribution in [0, 0.1) is 5.92 Å². The van der Waals surface area contributed by atoms with E-state index < -0.39 is 0 Å². The summed E-state index contributed by atoms with van der Waals surface area (Å²) in [6.45, 7) is 11.3.